The van der Waals surface area contributed by atoms with E-state index in [9.17, 15) is 0 Å². The van der Waals surface area contributed by atoms with E-state index in [0.29, 0.717) is 0 Å². The molecule has 0 amide bonds. The summed E-state index contributed by atoms with van der Waals surface area (Å²) in [5, 5.41) is 0. The van der Waals surface area contributed by atoms with Crippen LogP contribution in [0.1, 0.15) is 5.56 Å². The predicted molar refractivity (Wildman–Crippen MR) is 89.4 cm³/mol. The summed E-state index contributed by atoms with van der Waals surface area (Å²) in [6, 6.07) is 31.2. The first-order valence-corrected chi connectivity index (χ1v) is 7.57. The van der Waals surface area contributed by atoms with Gasteiger partial charge in [0.15, 0.2) is 9.79 Å². The second kappa shape index (κ2) is 8.23. The predicted octanol–water partition coefficient (Wildman–Crippen LogP) is 4.91. The van der Waals surface area contributed by atoms with Crippen LogP contribution in [0.5, 0.6) is 0 Å². The highest BCUT2D eigenvalue weighted by Gasteiger charge is 2.04. The van der Waals surface area contributed by atoms with Crippen LogP contribution >= 0.6 is 0 Å². The van der Waals surface area contributed by atoms with E-state index in [-0.39, 0.29) is 0 Å². The van der Waals surface area contributed by atoms with Crippen molar-refractivity contribution in [1.29, 1.82) is 0 Å². The molecule has 0 aliphatic heterocycles. The van der Waals surface area contributed by atoms with E-state index in [1.54, 1.807) is 0 Å². The SMILES string of the molecule is Cc1ccc([SH+]c2ccccc2)cc1.c1ccccc1. The number of thiol groups is 1. The average molecular weight is 279 g/mol. The van der Waals surface area contributed by atoms with Crippen LogP contribution in [0.4, 0.5) is 0 Å². The molecule has 0 saturated heterocycles. The van der Waals surface area contributed by atoms with Crippen LogP contribution in [0, 0.1) is 6.92 Å². The molecule has 0 aromatic heterocycles. The molecule has 1 heteroatoms. The summed E-state index contributed by atoms with van der Waals surface area (Å²) in [4.78, 5) is 2.69. The van der Waals surface area contributed by atoms with Gasteiger partial charge in [0.1, 0.15) is 0 Å². The summed E-state index contributed by atoms with van der Waals surface area (Å²) in [6.45, 7) is 2.11. The molecule has 0 unspecified atom stereocenters. The maximum absolute atomic E-state index is 2.18. The van der Waals surface area contributed by atoms with Gasteiger partial charge < -0.3 is 0 Å². The maximum Gasteiger partial charge on any atom is 0.158 e. The minimum Gasteiger partial charge on any atom is -0.0623 e. The number of aryl methyl sites for hydroxylation is 1. The molecule has 3 aromatic carbocycles. The van der Waals surface area contributed by atoms with Crippen molar-refractivity contribution in [2.24, 2.45) is 0 Å². The van der Waals surface area contributed by atoms with Gasteiger partial charge in [-0.1, -0.05) is 72.3 Å². The van der Waals surface area contributed by atoms with Crippen LogP contribution in [-0.4, -0.2) is 0 Å². The standard InChI is InChI=1S/C13H12S.C6H6/c1-11-7-9-13(10-8-11)14-12-5-3-2-4-6-12;1-2-4-6-5-3-1/h2-10H,1H3;1-6H/p+1. The van der Waals surface area contributed by atoms with Crippen molar-refractivity contribution >= 4 is 11.8 Å². The molecule has 0 aliphatic carbocycles. The Kier molecular flexibility index (Phi) is 5.94. The largest absolute Gasteiger partial charge is 0.158 e. The summed E-state index contributed by atoms with van der Waals surface area (Å²) in [5.74, 6) is 0. The van der Waals surface area contributed by atoms with Crippen LogP contribution in [0.15, 0.2) is 101 Å². The van der Waals surface area contributed by atoms with Gasteiger partial charge >= 0.3 is 0 Å². The van der Waals surface area contributed by atoms with Crippen molar-refractivity contribution in [2.75, 3.05) is 0 Å². The molecule has 0 nitrogen and oxygen atoms in total. The lowest BCUT2D eigenvalue weighted by Crippen LogP contribution is -1.83. The highest BCUT2D eigenvalue weighted by atomic mass is 32.2. The van der Waals surface area contributed by atoms with Crippen LogP contribution in [0.3, 0.4) is 0 Å². The Balaban J connectivity index is 0.000000205. The van der Waals surface area contributed by atoms with Gasteiger partial charge in [-0.2, -0.15) is 0 Å². The Hall–Kier alpha value is -1.99. The van der Waals surface area contributed by atoms with E-state index in [2.05, 4.69) is 55.5 Å². The van der Waals surface area contributed by atoms with E-state index >= 15 is 0 Å². The van der Waals surface area contributed by atoms with Crippen molar-refractivity contribution in [2.45, 2.75) is 16.7 Å². The molecule has 0 saturated carbocycles. The second-order valence-electron chi connectivity index (χ2n) is 4.44. The molecule has 0 fully saturated rings. The third kappa shape index (κ3) is 5.33. The zero-order valence-corrected chi connectivity index (χ0v) is 12.5. The van der Waals surface area contributed by atoms with Crippen molar-refractivity contribution < 1.29 is 0 Å². The van der Waals surface area contributed by atoms with Crippen LogP contribution < -0.4 is 0 Å². The molecule has 3 rings (SSSR count). The quantitative estimate of drug-likeness (QED) is 0.461. The fourth-order valence-corrected chi connectivity index (χ4v) is 2.57. The maximum atomic E-state index is 2.18. The number of hydrogen-bond donors (Lipinski definition) is 0. The topological polar surface area (TPSA) is 0 Å². The Morgan fingerprint density at radius 3 is 1.40 bits per heavy atom. The summed E-state index contributed by atoms with van der Waals surface area (Å²) in [6.07, 6.45) is 0. The highest BCUT2D eigenvalue weighted by Crippen LogP contribution is 2.12. The van der Waals surface area contributed by atoms with Crippen LogP contribution in [-0.2, 0) is 11.8 Å². The van der Waals surface area contributed by atoms with Gasteiger partial charge in [0.25, 0.3) is 0 Å². The van der Waals surface area contributed by atoms with Gasteiger partial charge in [0, 0.05) is 11.8 Å². The lowest BCUT2D eigenvalue weighted by molar-refractivity contribution is 1.36. The van der Waals surface area contributed by atoms with Crippen LogP contribution in [0.25, 0.3) is 0 Å². The highest BCUT2D eigenvalue weighted by molar-refractivity contribution is 7.78. The smallest absolute Gasteiger partial charge is 0.0623 e. The summed E-state index contributed by atoms with van der Waals surface area (Å²) in [5.41, 5.74) is 1.32. The molecular weight excluding hydrogens is 260 g/mol. The number of benzene rings is 3. The lowest BCUT2D eigenvalue weighted by Gasteiger charge is -1.93. The molecule has 0 atom stereocenters. The van der Waals surface area contributed by atoms with Gasteiger partial charge in [0.05, 0.1) is 0 Å². The minimum atomic E-state index is 1.28. The lowest BCUT2D eigenvalue weighted by atomic mass is 10.2. The monoisotopic (exact) mass is 279 g/mol. The van der Waals surface area contributed by atoms with Gasteiger partial charge in [0.2, 0.25) is 0 Å². The molecule has 0 aliphatic rings. The molecule has 3 aromatic rings. The second-order valence-corrected chi connectivity index (χ2v) is 5.69. The average Bonchev–Trinajstić information content (AvgIpc) is 2.53. The van der Waals surface area contributed by atoms with E-state index < -0.39 is 0 Å². The third-order valence-electron chi connectivity index (χ3n) is 2.72. The van der Waals surface area contributed by atoms with Crippen LogP contribution in [0.2, 0.25) is 0 Å². The Morgan fingerprint density at radius 1 is 0.500 bits per heavy atom. The van der Waals surface area contributed by atoms with Crippen molar-refractivity contribution in [3.63, 3.8) is 0 Å². The normalized spacial score (nSPS) is 9.45. The fraction of sp³-hybridized carbons (Fsp3) is 0.0526. The zero-order valence-electron chi connectivity index (χ0n) is 11.6. The van der Waals surface area contributed by atoms with E-state index in [1.165, 1.54) is 27.1 Å². The molecular formula is C19H19S+. The van der Waals surface area contributed by atoms with Crippen molar-refractivity contribution in [3.05, 3.63) is 96.6 Å². The van der Waals surface area contributed by atoms with Crippen molar-refractivity contribution in [3.8, 4) is 0 Å². The zero-order chi connectivity index (χ0) is 14.0. The first kappa shape index (κ1) is 14.4. The molecule has 0 heterocycles. The van der Waals surface area contributed by atoms with E-state index in [0.717, 1.165) is 0 Å². The minimum absolute atomic E-state index is 1.28. The molecule has 0 bridgehead atoms. The Bertz CT molecular complexity index is 559. The van der Waals surface area contributed by atoms with E-state index in [1.807, 2.05) is 42.5 Å². The molecule has 0 spiro atoms. The summed E-state index contributed by atoms with van der Waals surface area (Å²) < 4.78 is 0. The third-order valence-corrected chi connectivity index (χ3v) is 3.83. The van der Waals surface area contributed by atoms with Crippen molar-refractivity contribution in [1.82, 2.24) is 0 Å². The van der Waals surface area contributed by atoms with Gasteiger partial charge in [-0.05, 0) is 31.2 Å². The Morgan fingerprint density at radius 2 is 0.900 bits per heavy atom. The molecule has 0 N–H and O–H groups in total. The van der Waals surface area contributed by atoms with E-state index in [4.69, 9.17) is 0 Å². The summed E-state index contributed by atoms with van der Waals surface area (Å²) in [7, 11) is 0. The summed E-state index contributed by atoms with van der Waals surface area (Å²) >= 11 is 1.28. The first-order valence-electron chi connectivity index (χ1n) is 6.68. The van der Waals surface area contributed by atoms with Gasteiger partial charge in [-0.3, -0.25) is 0 Å². The Labute approximate surface area is 125 Å². The molecule has 0 radical (unpaired) electrons. The molecule has 20 heavy (non-hydrogen) atoms. The molecule has 100 valence electrons. The number of hydrogen-bond acceptors (Lipinski definition) is 0. The fourth-order valence-electron chi connectivity index (χ4n) is 1.66. The van der Waals surface area contributed by atoms with Gasteiger partial charge in [-0.25, -0.2) is 0 Å². The van der Waals surface area contributed by atoms with Gasteiger partial charge in [-0.15, -0.1) is 0 Å². The first-order chi connectivity index (χ1) is 9.84. The number of rotatable bonds is 2.